The van der Waals surface area contributed by atoms with Gasteiger partial charge in [0.1, 0.15) is 17.6 Å². The number of carbonyl (C=O) groups excluding carboxylic acids is 1. The van der Waals surface area contributed by atoms with Gasteiger partial charge < -0.3 is 24.3 Å². The number of methoxy groups -OCH3 is 1. The van der Waals surface area contributed by atoms with E-state index < -0.39 is 0 Å². The zero-order valence-corrected chi connectivity index (χ0v) is 24.5. The number of benzene rings is 2. The first-order valence-corrected chi connectivity index (χ1v) is 14.5. The summed E-state index contributed by atoms with van der Waals surface area (Å²) >= 11 is 12.8. The molecule has 210 valence electrons. The maximum atomic E-state index is 11.9. The summed E-state index contributed by atoms with van der Waals surface area (Å²) in [4.78, 5) is 20.9. The Balaban J connectivity index is 1.35. The molecule has 6 rings (SSSR count). The lowest BCUT2D eigenvalue weighted by atomic mass is 9.98. The number of rotatable bonds is 6. The Morgan fingerprint density at radius 3 is 2.54 bits per heavy atom. The number of nitrogens with zero attached hydrogens (tertiary/aromatic N) is 3. The minimum Gasteiger partial charge on any atom is -0.465 e. The molecule has 0 aliphatic carbocycles. The molecule has 0 amide bonds. The van der Waals surface area contributed by atoms with Gasteiger partial charge in [-0.05, 0) is 85.6 Å². The topological polar surface area (TPSA) is 70.8 Å². The first kappa shape index (κ1) is 27.3. The Hall–Kier alpha value is -3.88. The molecule has 1 N–H and O–H groups in total. The van der Waals surface area contributed by atoms with Crippen LogP contribution in [0.2, 0.25) is 5.02 Å². The second-order valence-corrected chi connectivity index (χ2v) is 11.4. The van der Waals surface area contributed by atoms with Crippen LogP contribution in [0.3, 0.4) is 0 Å². The van der Waals surface area contributed by atoms with Crippen LogP contribution < -0.4 is 15.1 Å². The van der Waals surface area contributed by atoms with Crippen molar-refractivity contribution in [2.45, 2.75) is 31.8 Å². The van der Waals surface area contributed by atoms with E-state index in [1.807, 2.05) is 48.5 Å². The molecule has 4 heterocycles. The van der Waals surface area contributed by atoms with Crippen molar-refractivity contribution in [3.05, 3.63) is 101 Å². The molecule has 0 bridgehead atoms. The van der Waals surface area contributed by atoms with Crippen molar-refractivity contribution < 1.29 is 13.9 Å². The molecule has 2 atom stereocenters. The largest absolute Gasteiger partial charge is 0.465 e. The lowest BCUT2D eigenvalue weighted by Crippen LogP contribution is -2.33. The molecule has 9 heteroatoms. The van der Waals surface area contributed by atoms with Gasteiger partial charge in [-0.25, -0.2) is 4.79 Å². The van der Waals surface area contributed by atoms with Crippen LogP contribution in [0.25, 0.3) is 11.3 Å². The molecule has 4 aromatic rings. The zero-order valence-electron chi connectivity index (χ0n) is 22.9. The van der Waals surface area contributed by atoms with Crippen LogP contribution >= 0.6 is 23.8 Å². The van der Waals surface area contributed by atoms with E-state index in [0.29, 0.717) is 21.5 Å². The summed E-state index contributed by atoms with van der Waals surface area (Å²) in [6.45, 7) is 4.31. The van der Waals surface area contributed by atoms with Crippen molar-refractivity contribution in [3.8, 4) is 11.3 Å². The van der Waals surface area contributed by atoms with Gasteiger partial charge in [-0.1, -0.05) is 36.7 Å². The summed E-state index contributed by atoms with van der Waals surface area (Å²) in [7, 11) is 1.37. The number of thiocarbonyl (C=S) groups is 1. The smallest absolute Gasteiger partial charge is 0.337 e. The van der Waals surface area contributed by atoms with Gasteiger partial charge in [0.15, 0.2) is 5.11 Å². The van der Waals surface area contributed by atoms with Crippen LogP contribution in [-0.4, -0.2) is 36.3 Å². The highest BCUT2D eigenvalue weighted by Crippen LogP contribution is 2.44. The second kappa shape index (κ2) is 11.5. The fraction of sp³-hybridized carbons (Fsp3) is 0.281. The van der Waals surface area contributed by atoms with E-state index in [0.717, 1.165) is 60.2 Å². The zero-order chi connectivity index (χ0) is 28.5. The molecule has 2 aromatic heterocycles. The van der Waals surface area contributed by atoms with Gasteiger partial charge in [-0.2, -0.15) is 0 Å². The molecular formula is C32H31ClN4O3S. The van der Waals surface area contributed by atoms with E-state index in [1.54, 1.807) is 18.3 Å². The Bertz CT molecular complexity index is 1550. The summed E-state index contributed by atoms with van der Waals surface area (Å²) in [5, 5.41) is 4.75. The molecule has 2 fully saturated rings. The monoisotopic (exact) mass is 586 g/mol. The van der Waals surface area contributed by atoms with Crippen molar-refractivity contribution in [2.24, 2.45) is 5.92 Å². The maximum Gasteiger partial charge on any atom is 0.337 e. The summed E-state index contributed by atoms with van der Waals surface area (Å²) in [5.74, 6) is 1.77. The molecule has 2 aromatic carbocycles. The number of anilines is 2. The standard InChI is InChI=1S/C32H31ClN4O3S/c1-20-14-17-36(18-15-20)26-11-10-23(19-24(26)33)37-30(29(35-32(37)41)25-5-3-4-16-34-25)28-13-12-27(40-28)21-6-8-22(9-7-21)31(38)39-2/h3-13,16,19-20,29-30H,14-15,17-18H2,1-2H3,(H,35,41)/t29-,30+/m0/s1. The Morgan fingerprint density at radius 1 is 1.07 bits per heavy atom. The average Bonchev–Trinajstić information content (AvgIpc) is 3.62. The van der Waals surface area contributed by atoms with Gasteiger partial charge in [0, 0.05) is 30.5 Å². The molecular weight excluding hydrogens is 556 g/mol. The summed E-state index contributed by atoms with van der Waals surface area (Å²) in [6, 6.07) is 22.5. The Morgan fingerprint density at radius 2 is 1.85 bits per heavy atom. The van der Waals surface area contributed by atoms with Gasteiger partial charge in [0.05, 0.1) is 35.1 Å². The number of nitrogens with one attached hydrogen (secondary N) is 1. The minimum atomic E-state index is -0.379. The normalized spacial score (nSPS) is 19.3. The second-order valence-electron chi connectivity index (χ2n) is 10.6. The SMILES string of the molecule is COC(=O)c1ccc(-c2ccc([C@@H]3[C@H](c4ccccn4)NC(=S)N3c3ccc(N4CCC(C)CC4)c(Cl)c3)o2)cc1. The van der Waals surface area contributed by atoms with E-state index >= 15 is 0 Å². The average molecular weight is 587 g/mol. The van der Waals surface area contributed by atoms with Crippen molar-refractivity contribution in [1.82, 2.24) is 10.3 Å². The summed E-state index contributed by atoms with van der Waals surface area (Å²) in [6.07, 6.45) is 4.11. The van der Waals surface area contributed by atoms with Gasteiger partial charge >= 0.3 is 5.97 Å². The molecule has 2 aliphatic rings. The highest BCUT2D eigenvalue weighted by molar-refractivity contribution is 7.80. The van der Waals surface area contributed by atoms with Gasteiger partial charge in [0.2, 0.25) is 0 Å². The van der Waals surface area contributed by atoms with Crippen LogP contribution in [0, 0.1) is 5.92 Å². The number of piperidine rings is 1. The minimum absolute atomic E-state index is 0.244. The molecule has 0 spiro atoms. The molecule has 0 saturated carbocycles. The van der Waals surface area contributed by atoms with Crippen LogP contribution in [-0.2, 0) is 4.74 Å². The number of ether oxygens (including phenoxy) is 1. The number of aromatic nitrogens is 1. The molecule has 2 aliphatic heterocycles. The first-order chi connectivity index (χ1) is 19.9. The lowest BCUT2D eigenvalue weighted by molar-refractivity contribution is 0.0600. The quantitative estimate of drug-likeness (QED) is 0.188. The maximum absolute atomic E-state index is 11.9. The van der Waals surface area contributed by atoms with Crippen molar-refractivity contribution in [3.63, 3.8) is 0 Å². The van der Waals surface area contributed by atoms with Gasteiger partial charge in [-0.15, -0.1) is 0 Å². The van der Waals surface area contributed by atoms with Crippen molar-refractivity contribution >= 4 is 46.3 Å². The van der Waals surface area contributed by atoms with E-state index in [1.165, 1.54) is 7.11 Å². The fourth-order valence-corrected chi connectivity index (χ4v) is 6.27. The van der Waals surface area contributed by atoms with Crippen molar-refractivity contribution in [2.75, 3.05) is 30.0 Å². The van der Waals surface area contributed by atoms with E-state index in [-0.39, 0.29) is 18.1 Å². The Kier molecular flexibility index (Phi) is 7.69. The van der Waals surface area contributed by atoms with E-state index in [4.69, 9.17) is 33.0 Å². The molecule has 2 saturated heterocycles. The number of hydrogen-bond acceptors (Lipinski definition) is 6. The third-order valence-electron chi connectivity index (χ3n) is 7.94. The van der Waals surface area contributed by atoms with E-state index in [9.17, 15) is 4.79 Å². The Labute approximate surface area is 250 Å². The highest BCUT2D eigenvalue weighted by atomic mass is 35.5. The molecule has 7 nitrogen and oxygen atoms in total. The highest BCUT2D eigenvalue weighted by Gasteiger charge is 2.43. The predicted octanol–water partition coefficient (Wildman–Crippen LogP) is 7.20. The third-order valence-corrected chi connectivity index (χ3v) is 8.56. The van der Waals surface area contributed by atoms with Gasteiger partial charge in [0.25, 0.3) is 0 Å². The number of esters is 1. The van der Waals surface area contributed by atoms with E-state index in [2.05, 4.69) is 39.2 Å². The molecule has 0 radical (unpaired) electrons. The number of hydrogen-bond donors (Lipinski definition) is 1. The predicted molar refractivity (Wildman–Crippen MR) is 165 cm³/mol. The third kappa shape index (κ3) is 5.42. The van der Waals surface area contributed by atoms with Crippen LogP contribution in [0.1, 0.15) is 53.7 Å². The van der Waals surface area contributed by atoms with Crippen LogP contribution in [0.15, 0.2) is 83.4 Å². The number of carbonyl (C=O) groups is 1. The van der Waals surface area contributed by atoms with Crippen LogP contribution in [0.4, 0.5) is 11.4 Å². The first-order valence-electron chi connectivity index (χ1n) is 13.8. The number of furan rings is 1. The van der Waals surface area contributed by atoms with Crippen molar-refractivity contribution in [1.29, 1.82) is 0 Å². The van der Waals surface area contributed by atoms with Gasteiger partial charge in [-0.3, -0.25) is 4.98 Å². The summed E-state index contributed by atoms with van der Waals surface area (Å²) in [5.41, 5.74) is 4.11. The fourth-order valence-electron chi connectivity index (χ4n) is 5.63. The number of halogens is 1. The van der Waals surface area contributed by atoms with Crippen LogP contribution in [0.5, 0.6) is 0 Å². The molecule has 0 unspecified atom stereocenters. The summed E-state index contributed by atoms with van der Waals surface area (Å²) < 4.78 is 11.3. The lowest BCUT2D eigenvalue weighted by Gasteiger charge is -2.33. The number of pyridine rings is 1. The molecule has 41 heavy (non-hydrogen) atoms.